The number of hydrogen-bond acceptors (Lipinski definition) is 4. The summed E-state index contributed by atoms with van der Waals surface area (Å²) in [6, 6.07) is 116. The van der Waals surface area contributed by atoms with E-state index in [1.54, 1.807) is 0 Å². The van der Waals surface area contributed by atoms with Crippen LogP contribution in [0.5, 0.6) is 0 Å². The average Bonchev–Trinajstić information content (AvgIpc) is 1.85. The molecule has 0 unspecified atom stereocenters. The maximum atomic E-state index is 4.46. The number of benzene rings is 13. The van der Waals surface area contributed by atoms with E-state index in [1.165, 1.54) is 71.6 Å². The van der Waals surface area contributed by atoms with Crippen molar-refractivity contribution in [1.82, 2.24) is 4.98 Å². The first-order valence-electron chi connectivity index (χ1n) is 28.8. The zero-order chi connectivity index (χ0) is 55.6. The quantitative estimate of drug-likeness (QED) is 0.129. The Kier molecular flexibility index (Phi) is 11.7. The molecule has 84 heavy (non-hydrogen) atoms. The van der Waals surface area contributed by atoms with Crippen molar-refractivity contribution in [2.24, 2.45) is 0 Å². The summed E-state index contributed by atoms with van der Waals surface area (Å²) in [7, 11) is 0. The Morgan fingerprint density at radius 3 is 1.49 bits per heavy atom. The number of nitrogens with zero attached hydrogens (tertiary/aromatic N) is 4. The summed E-state index contributed by atoms with van der Waals surface area (Å²) in [5, 5.41) is 4.79. The molecule has 0 saturated carbocycles. The van der Waals surface area contributed by atoms with Gasteiger partial charge in [-0.15, -0.1) is 0 Å². The Morgan fingerprint density at radius 1 is 0.298 bits per heavy atom. The van der Waals surface area contributed by atoms with Crippen LogP contribution in [0, 0.1) is 0 Å². The highest BCUT2D eigenvalue weighted by Crippen LogP contribution is 2.58. The Labute approximate surface area is 489 Å². The highest BCUT2D eigenvalue weighted by Gasteiger charge is 2.46. The number of fused-ring (bicyclic) bond motifs is 6. The van der Waals surface area contributed by atoms with E-state index in [1.807, 2.05) is 18.5 Å². The van der Waals surface area contributed by atoms with Gasteiger partial charge in [0.15, 0.2) is 0 Å². The van der Waals surface area contributed by atoms with Crippen molar-refractivity contribution in [1.29, 1.82) is 0 Å². The second-order valence-corrected chi connectivity index (χ2v) is 21.9. The predicted molar refractivity (Wildman–Crippen MR) is 350 cm³/mol. The third-order valence-corrected chi connectivity index (χ3v) is 17.3. The minimum atomic E-state index is -0.472. The molecule has 13 aromatic carbocycles. The van der Waals surface area contributed by atoms with Gasteiger partial charge >= 0.3 is 0 Å². The molecule has 0 radical (unpaired) electrons. The summed E-state index contributed by atoms with van der Waals surface area (Å²) in [5.74, 6) is 0. The van der Waals surface area contributed by atoms with Gasteiger partial charge in [-0.1, -0.05) is 200 Å². The minimum Gasteiger partial charge on any atom is -0.311 e. The van der Waals surface area contributed by atoms with E-state index >= 15 is 0 Å². The van der Waals surface area contributed by atoms with E-state index in [4.69, 9.17) is 0 Å². The van der Waals surface area contributed by atoms with E-state index in [-0.39, 0.29) is 0 Å². The Balaban J connectivity index is 0.822. The monoisotopic (exact) mass is 1070 g/mol. The maximum Gasteiger partial charge on any atom is 0.0713 e. The fourth-order valence-electron chi connectivity index (χ4n) is 13.6. The zero-order valence-corrected chi connectivity index (χ0v) is 46.0. The predicted octanol–water partition coefficient (Wildman–Crippen LogP) is 21.5. The van der Waals surface area contributed by atoms with Gasteiger partial charge in [-0.25, -0.2) is 0 Å². The molecule has 14 aromatic rings. The topological polar surface area (TPSA) is 22.6 Å². The largest absolute Gasteiger partial charge is 0.311 e. The summed E-state index contributed by atoms with van der Waals surface area (Å²) in [6.45, 7) is 0. The molecule has 16 rings (SSSR count). The molecule has 0 atom stereocenters. The molecular weight excluding hydrogens is 1020 g/mol. The van der Waals surface area contributed by atoms with E-state index in [0.29, 0.717) is 0 Å². The van der Waals surface area contributed by atoms with Gasteiger partial charge in [0.2, 0.25) is 0 Å². The molecule has 0 spiro atoms. The van der Waals surface area contributed by atoms with Gasteiger partial charge in [0.05, 0.1) is 16.8 Å². The third kappa shape index (κ3) is 7.95. The number of para-hydroxylation sites is 3. The minimum absolute atomic E-state index is 0.472. The van der Waals surface area contributed by atoms with Crippen molar-refractivity contribution in [3.05, 3.63) is 350 Å². The van der Waals surface area contributed by atoms with Gasteiger partial charge in [-0.2, -0.15) is 0 Å². The molecule has 0 fully saturated rings. The van der Waals surface area contributed by atoms with Crippen LogP contribution < -0.4 is 14.7 Å². The molecule has 2 aliphatic rings. The smallest absolute Gasteiger partial charge is 0.0713 e. The van der Waals surface area contributed by atoms with E-state index in [9.17, 15) is 0 Å². The average molecular weight is 1070 g/mol. The number of anilines is 9. The van der Waals surface area contributed by atoms with Crippen LogP contribution in [-0.4, -0.2) is 4.98 Å². The van der Waals surface area contributed by atoms with Crippen LogP contribution in [0.25, 0.3) is 66.1 Å². The first-order valence-corrected chi connectivity index (χ1v) is 28.8. The molecule has 4 heteroatoms. The first-order chi connectivity index (χ1) is 41.7. The van der Waals surface area contributed by atoms with Crippen molar-refractivity contribution in [3.63, 3.8) is 0 Å². The Bertz CT molecular complexity index is 4670. The highest BCUT2D eigenvalue weighted by atomic mass is 15.2. The molecule has 1 aliphatic heterocycles. The van der Waals surface area contributed by atoms with E-state index in [2.05, 4.69) is 329 Å². The van der Waals surface area contributed by atoms with Gasteiger partial charge < -0.3 is 14.7 Å². The van der Waals surface area contributed by atoms with Crippen LogP contribution in [0.3, 0.4) is 0 Å². The molecule has 0 bridgehead atoms. The Morgan fingerprint density at radius 2 is 0.845 bits per heavy atom. The van der Waals surface area contributed by atoms with Crippen LogP contribution in [0.2, 0.25) is 0 Å². The standard InChI is InChI=1S/C80H54N4/c1-6-21-60(22-7-1)80(61-23-8-2-9-24-61)75-34-17-16-31-70(75)73-53-68(45-47-76(73)80)83(64-29-14-5-15-30-64)65-39-37-55(38-40-65)69-46-48-77-79-71(69)32-18-33-72(79)74-51-57-36-35-56(58-20-19-49-81-54-58)50-59(57)52-78(74)84(77)67-43-41-66(42-44-67)82(62-25-10-3-11-26-62)63-27-12-4-13-28-63/h1-54H. The summed E-state index contributed by atoms with van der Waals surface area (Å²) in [6.07, 6.45) is 3.77. The van der Waals surface area contributed by atoms with Crippen molar-refractivity contribution < 1.29 is 0 Å². The maximum absolute atomic E-state index is 4.46. The lowest BCUT2D eigenvalue weighted by molar-refractivity contribution is 0.768. The highest BCUT2D eigenvalue weighted by molar-refractivity contribution is 6.19. The fourth-order valence-corrected chi connectivity index (χ4v) is 13.6. The van der Waals surface area contributed by atoms with E-state index < -0.39 is 5.41 Å². The summed E-state index contributed by atoms with van der Waals surface area (Å²) >= 11 is 0. The molecule has 2 heterocycles. The van der Waals surface area contributed by atoms with Crippen molar-refractivity contribution in [3.8, 4) is 44.5 Å². The van der Waals surface area contributed by atoms with Gasteiger partial charge in [-0.05, 0) is 187 Å². The van der Waals surface area contributed by atoms with Crippen LogP contribution in [-0.2, 0) is 5.41 Å². The van der Waals surface area contributed by atoms with Gasteiger partial charge in [0.1, 0.15) is 0 Å². The van der Waals surface area contributed by atoms with Crippen LogP contribution in [0.15, 0.2) is 328 Å². The summed E-state index contributed by atoms with van der Waals surface area (Å²) in [5.41, 5.74) is 24.0. The number of hydrogen-bond donors (Lipinski definition) is 0. The van der Waals surface area contributed by atoms with Crippen molar-refractivity contribution >= 4 is 72.7 Å². The summed E-state index contributed by atoms with van der Waals surface area (Å²) in [4.78, 5) is 11.7. The van der Waals surface area contributed by atoms with E-state index in [0.717, 1.165) is 67.9 Å². The van der Waals surface area contributed by atoms with Crippen LogP contribution >= 0.6 is 0 Å². The van der Waals surface area contributed by atoms with Crippen LogP contribution in [0.4, 0.5) is 51.2 Å². The molecule has 1 aliphatic carbocycles. The normalized spacial score (nSPS) is 12.6. The lowest BCUT2D eigenvalue weighted by Crippen LogP contribution is -2.28. The Hall–Kier alpha value is -11.1. The fraction of sp³-hybridized carbons (Fsp3) is 0.0125. The van der Waals surface area contributed by atoms with Crippen molar-refractivity contribution in [2.75, 3.05) is 14.7 Å². The molecule has 4 nitrogen and oxygen atoms in total. The van der Waals surface area contributed by atoms with Crippen molar-refractivity contribution in [2.45, 2.75) is 5.41 Å². The molecule has 0 saturated heterocycles. The lowest BCUT2D eigenvalue weighted by atomic mass is 9.68. The lowest BCUT2D eigenvalue weighted by Gasteiger charge is -2.35. The molecular formula is C80H54N4. The molecule has 1 aromatic heterocycles. The summed E-state index contributed by atoms with van der Waals surface area (Å²) < 4.78 is 0. The SMILES string of the molecule is c1ccc(N(c2ccccc2)c2ccc(N3c4cc5cc(-c6cccnc6)ccc5cc4-c4cccc5c(-c6ccc(N(c7ccccc7)c7ccc8c(c7)-c7ccccc7C8(c7ccccc7)c7ccccc7)cc6)ccc3c45)cc2)cc1. The second-order valence-electron chi connectivity index (χ2n) is 21.9. The second kappa shape index (κ2) is 20.2. The van der Waals surface area contributed by atoms with Gasteiger partial charge in [0.25, 0.3) is 0 Å². The number of aromatic nitrogens is 1. The third-order valence-electron chi connectivity index (χ3n) is 17.3. The molecule has 0 N–H and O–H groups in total. The molecule has 394 valence electrons. The van der Waals surface area contributed by atoms with Gasteiger partial charge in [-0.3, -0.25) is 4.98 Å². The number of pyridine rings is 1. The first kappa shape index (κ1) is 48.8. The number of rotatable bonds is 11. The zero-order valence-electron chi connectivity index (χ0n) is 46.0. The molecule has 0 amide bonds. The van der Waals surface area contributed by atoms with Gasteiger partial charge in [0, 0.05) is 68.7 Å². The van der Waals surface area contributed by atoms with Crippen LogP contribution in [0.1, 0.15) is 22.3 Å².